The summed E-state index contributed by atoms with van der Waals surface area (Å²) in [5.41, 5.74) is 1.88. The van der Waals surface area contributed by atoms with Gasteiger partial charge in [0.1, 0.15) is 4.32 Å². The lowest BCUT2D eigenvalue weighted by Crippen LogP contribution is -2.30. The van der Waals surface area contributed by atoms with Gasteiger partial charge in [0.2, 0.25) is 0 Å². The van der Waals surface area contributed by atoms with Gasteiger partial charge in [-0.15, -0.1) is 0 Å². The van der Waals surface area contributed by atoms with E-state index in [-0.39, 0.29) is 5.91 Å². The molecular formula is C17H13ClN2OS2. The number of hydrogen-bond acceptors (Lipinski definition) is 4. The second kappa shape index (κ2) is 7.25. The van der Waals surface area contributed by atoms with Gasteiger partial charge in [-0.1, -0.05) is 53.8 Å². The van der Waals surface area contributed by atoms with Gasteiger partial charge in [0.25, 0.3) is 5.91 Å². The molecule has 1 aromatic carbocycles. The van der Waals surface area contributed by atoms with Gasteiger partial charge in [-0.3, -0.25) is 14.7 Å². The lowest BCUT2D eigenvalue weighted by atomic mass is 10.1. The van der Waals surface area contributed by atoms with Crippen LogP contribution in [0.1, 0.15) is 11.3 Å². The van der Waals surface area contributed by atoms with E-state index in [9.17, 15) is 4.79 Å². The molecule has 3 nitrogen and oxygen atoms in total. The molecule has 2 heterocycles. The molecule has 0 unspecified atom stereocenters. The quantitative estimate of drug-likeness (QED) is 0.605. The summed E-state index contributed by atoms with van der Waals surface area (Å²) in [5.74, 6) is -0.0559. The van der Waals surface area contributed by atoms with Crippen LogP contribution in [0, 0.1) is 0 Å². The summed E-state index contributed by atoms with van der Waals surface area (Å²) in [4.78, 5) is 19.0. The van der Waals surface area contributed by atoms with Crippen LogP contribution in [0.15, 0.2) is 53.6 Å². The van der Waals surface area contributed by atoms with Crippen LogP contribution in [0.4, 0.5) is 0 Å². The van der Waals surface area contributed by atoms with Gasteiger partial charge in [-0.05, 0) is 42.3 Å². The molecule has 1 aromatic heterocycles. The fourth-order valence-corrected chi connectivity index (χ4v) is 3.60. The number of aromatic nitrogens is 1. The summed E-state index contributed by atoms with van der Waals surface area (Å²) >= 11 is 12.5. The number of carbonyl (C=O) groups is 1. The Morgan fingerprint density at radius 2 is 2.00 bits per heavy atom. The molecule has 116 valence electrons. The molecule has 0 bridgehead atoms. The van der Waals surface area contributed by atoms with Crippen molar-refractivity contribution in [3.63, 3.8) is 0 Å². The summed E-state index contributed by atoms with van der Waals surface area (Å²) in [7, 11) is 0. The average molecular weight is 361 g/mol. The zero-order valence-electron chi connectivity index (χ0n) is 12.1. The number of pyridine rings is 1. The Hall–Kier alpha value is -1.69. The maximum Gasteiger partial charge on any atom is 0.266 e. The molecule has 0 N–H and O–H groups in total. The molecule has 6 heteroatoms. The summed E-state index contributed by atoms with van der Waals surface area (Å²) in [6.45, 7) is 0.561. The molecule has 23 heavy (non-hydrogen) atoms. The molecule has 1 aliphatic heterocycles. The minimum absolute atomic E-state index is 0.0559. The third-order valence-corrected chi connectivity index (χ3v) is 5.01. The van der Waals surface area contributed by atoms with Crippen molar-refractivity contribution in [3.8, 4) is 0 Å². The normalized spacial score (nSPS) is 16.4. The Balaban J connectivity index is 1.69. The second-order valence-corrected chi connectivity index (χ2v) is 7.08. The minimum Gasteiger partial charge on any atom is -0.293 e. The minimum atomic E-state index is -0.0559. The number of carbonyl (C=O) groups excluding carboxylic acids is 1. The molecule has 0 spiro atoms. The predicted octanol–water partition coefficient (Wildman–Crippen LogP) is 4.18. The Kier molecular flexibility index (Phi) is 5.10. The zero-order valence-corrected chi connectivity index (χ0v) is 14.5. The lowest BCUT2D eigenvalue weighted by molar-refractivity contribution is -0.122. The van der Waals surface area contributed by atoms with Crippen molar-refractivity contribution in [1.29, 1.82) is 0 Å². The van der Waals surface area contributed by atoms with Crippen LogP contribution >= 0.6 is 35.6 Å². The molecule has 3 rings (SSSR count). The van der Waals surface area contributed by atoms with Gasteiger partial charge in [-0.25, -0.2) is 0 Å². The monoisotopic (exact) mass is 360 g/mol. The Morgan fingerprint density at radius 1 is 1.22 bits per heavy atom. The number of hydrogen-bond donors (Lipinski definition) is 0. The number of thioether (sulfide) groups is 1. The first-order valence-corrected chi connectivity index (χ1v) is 8.64. The Morgan fingerprint density at radius 3 is 2.70 bits per heavy atom. The number of nitrogens with zero attached hydrogens (tertiary/aromatic N) is 2. The fourth-order valence-electron chi connectivity index (χ4n) is 2.18. The Bertz CT molecular complexity index is 760. The highest BCUT2D eigenvalue weighted by molar-refractivity contribution is 8.26. The van der Waals surface area contributed by atoms with Crippen LogP contribution in [-0.2, 0) is 11.2 Å². The first kappa shape index (κ1) is 16.2. The molecule has 1 fully saturated rings. The highest BCUT2D eigenvalue weighted by Crippen LogP contribution is 2.32. The topological polar surface area (TPSA) is 33.2 Å². The van der Waals surface area contributed by atoms with E-state index in [1.807, 2.05) is 42.5 Å². The van der Waals surface area contributed by atoms with E-state index in [1.165, 1.54) is 11.8 Å². The number of benzene rings is 1. The van der Waals surface area contributed by atoms with E-state index in [0.29, 0.717) is 20.8 Å². The van der Waals surface area contributed by atoms with E-state index in [4.69, 9.17) is 23.8 Å². The van der Waals surface area contributed by atoms with E-state index < -0.39 is 0 Å². The lowest BCUT2D eigenvalue weighted by Gasteiger charge is -2.14. The third kappa shape index (κ3) is 3.99. The summed E-state index contributed by atoms with van der Waals surface area (Å²) in [5, 5.41) is 0.706. The van der Waals surface area contributed by atoms with Crippen molar-refractivity contribution >= 4 is 51.9 Å². The van der Waals surface area contributed by atoms with Crippen LogP contribution in [0.2, 0.25) is 5.02 Å². The molecule has 0 aliphatic carbocycles. The predicted molar refractivity (Wildman–Crippen MR) is 99.3 cm³/mol. The summed E-state index contributed by atoms with van der Waals surface area (Å²) < 4.78 is 0.589. The van der Waals surface area contributed by atoms with Crippen molar-refractivity contribution in [2.45, 2.75) is 6.42 Å². The molecule has 1 amide bonds. The van der Waals surface area contributed by atoms with Gasteiger partial charge in [0.05, 0.1) is 10.6 Å². The number of amides is 1. The SMILES string of the molecule is O=C1C(=Cc2ccccn2)SC(=S)N1CCc1ccc(Cl)cc1. The first-order chi connectivity index (χ1) is 11.1. The highest BCUT2D eigenvalue weighted by Gasteiger charge is 2.31. The van der Waals surface area contributed by atoms with E-state index in [1.54, 1.807) is 17.2 Å². The van der Waals surface area contributed by atoms with Gasteiger partial charge >= 0.3 is 0 Å². The molecule has 0 atom stereocenters. The first-order valence-electron chi connectivity index (χ1n) is 7.04. The largest absolute Gasteiger partial charge is 0.293 e. The third-order valence-electron chi connectivity index (χ3n) is 3.38. The maximum absolute atomic E-state index is 12.5. The van der Waals surface area contributed by atoms with Gasteiger partial charge < -0.3 is 0 Å². The number of thiocarbonyl (C=S) groups is 1. The van der Waals surface area contributed by atoms with E-state index in [2.05, 4.69) is 4.98 Å². The van der Waals surface area contributed by atoms with Gasteiger partial charge in [-0.2, -0.15) is 0 Å². The van der Waals surface area contributed by atoms with E-state index in [0.717, 1.165) is 17.7 Å². The van der Waals surface area contributed by atoms with Crippen molar-refractivity contribution < 1.29 is 4.79 Å². The standard InChI is InChI=1S/C17H13ClN2OS2/c18-13-6-4-12(5-7-13)8-10-20-16(21)15(23-17(20)22)11-14-3-1-2-9-19-14/h1-7,9,11H,8,10H2. The van der Waals surface area contributed by atoms with Crippen molar-refractivity contribution in [1.82, 2.24) is 9.88 Å². The second-order valence-electron chi connectivity index (χ2n) is 4.96. The molecule has 0 saturated carbocycles. The maximum atomic E-state index is 12.5. The molecule has 1 saturated heterocycles. The molecule has 2 aromatic rings. The van der Waals surface area contributed by atoms with Crippen molar-refractivity contribution in [2.24, 2.45) is 0 Å². The van der Waals surface area contributed by atoms with Crippen LogP contribution in [0.5, 0.6) is 0 Å². The van der Waals surface area contributed by atoms with Crippen LogP contribution in [0.3, 0.4) is 0 Å². The number of halogens is 1. The van der Waals surface area contributed by atoms with Crippen molar-refractivity contribution in [3.05, 3.63) is 69.8 Å². The van der Waals surface area contributed by atoms with Gasteiger partial charge in [0, 0.05) is 17.8 Å². The number of rotatable bonds is 4. The molecule has 1 aliphatic rings. The summed E-state index contributed by atoms with van der Waals surface area (Å²) in [6, 6.07) is 13.2. The molecule has 0 radical (unpaired) electrons. The highest BCUT2D eigenvalue weighted by atomic mass is 35.5. The van der Waals surface area contributed by atoms with Crippen molar-refractivity contribution in [2.75, 3.05) is 6.54 Å². The fraction of sp³-hybridized carbons (Fsp3) is 0.118. The molecular weight excluding hydrogens is 348 g/mol. The Labute approximate surface area is 149 Å². The van der Waals surface area contributed by atoms with Crippen LogP contribution in [0.25, 0.3) is 6.08 Å². The smallest absolute Gasteiger partial charge is 0.266 e. The zero-order chi connectivity index (χ0) is 16.2. The van der Waals surface area contributed by atoms with Gasteiger partial charge in [0.15, 0.2) is 0 Å². The van der Waals surface area contributed by atoms with Crippen LogP contribution in [-0.4, -0.2) is 26.7 Å². The van der Waals surface area contributed by atoms with E-state index >= 15 is 0 Å². The summed E-state index contributed by atoms with van der Waals surface area (Å²) in [6.07, 6.45) is 4.22. The average Bonchev–Trinajstić information content (AvgIpc) is 2.82. The van der Waals surface area contributed by atoms with Crippen LogP contribution < -0.4 is 0 Å².